The van der Waals surface area contributed by atoms with Crippen LogP contribution >= 0.6 is 0 Å². The summed E-state index contributed by atoms with van der Waals surface area (Å²) in [5, 5.41) is 5.38. The first-order chi connectivity index (χ1) is 9.47. The van der Waals surface area contributed by atoms with Gasteiger partial charge in [-0.2, -0.15) is 0 Å². The Morgan fingerprint density at radius 1 is 1.20 bits per heavy atom. The second kappa shape index (κ2) is 7.71. The van der Waals surface area contributed by atoms with Gasteiger partial charge in [0.2, 0.25) is 10.0 Å². The quantitative estimate of drug-likeness (QED) is 0.522. The number of benzene rings is 1. The standard InChI is InChI=1S/C12H20N4O3S/c1-2-7-16-20(18,19)11-6-4-3-5-10(11)14-8-9-15-12(13)17/h3-6,14,16H,2,7-9H2,1H3,(H3,13,15,17). The van der Waals surface area contributed by atoms with Gasteiger partial charge in [-0.3, -0.25) is 0 Å². The van der Waals surface area contributed by atoms with Crippen LogP contribution < -0.4 is 21.1 Å². The van der Waals surface area contributed by atoms with E-state index >= 15 is 0 Å². The molecule has 0 radical (unpaired) electrons. The van der Waals surface area contributed by atoms with E-state index in [0.717, 1.165) is 6.42 Å². The fraction of sp³-hybridized carbons (Fsp3) is 0.417. The first kappa shape index (κ1) is 16.3. The highest BCUT2D eigenvalue weighted by atomic mass is 32.2. The average molecular weight is 300 g/mol. The van der Waals surface area contributed by atoms with E-state index in [1.165, 1.54) is 6.07 Å². The lowest BCUT2D eigenvalue weighted by Crippen LogP contribution is -2.33. The monoisotopic (exact) mass is 300 g/mol. The molecule has 0 atom stereocenters. The minimum atomic E-state index is -3.53. The molecular weight excluding hydrogens is 280 g/mol. The molecule has 0 saturated carbocycles. The molecule has 112 valence electrons. The first-order valence-corrected chi connectivity index (χ1v) is 7.81. The lowest BCUT2D eigenvalue weighted by Gasteiger charge is -2.13. The van der Waals surface area contributed by atoms with Gasteiger partial charge in [0.05, 0.1) is 5.69 Å². The summed E-state index contributed by atoms with van der Waals surface area (Å²) in [6.45, 7) is 2.97. The van der Waals surface area contributed by atoms with Gasteiger partial charge in [0, 0.05) is 19.6 Å². The number of rotatable bonds is 8. The highest BCUT2D eigenvalue weighted by Crippen LogP contribution is 2.20. The molecule has 0 heterocycles. The van der Waals surface area contributed by atoms with Gasteiger partial charge in [0.25, 0.3) is 0 Å². The van der Waals surface area contributed by atoms with E-state index in [2.05, 4.69) is 15.4 Å². The minimum absolute atomic E-state index is 0.188. The van der Waals surface area contributed by atoms with Gasteiger partial charge in [-0.1, -0.05) is 19.1 Å². The zero-order valence-corrected chi connectivity index (χ0v) is 12.2. The maximum absolute atomic E-state index is 12.1. The van der Waals surface area contributed by atoms with Crippen LogP contribution in [0.15, 0.2) is 29.2 Å². The number of anilines is 1. The van der Waals surface area contributed by atoms with Crippen LogP contribution in [0, 0.1) is 0 Å². The molecule has 0 aliphatic heterocycles. The van der Waals surface area contributed by atoms with Crippen molar-refractivity contribution in [1.82, 2.24) is 10.0 Å². The van der Waals surface area contributed by atoms with Gasteiger partial charge in [-0.15, -0.1) is 0 Å². The van der Waals surface area contributed by atoms with Gasteiger partial charge in [0.15, 0.2) is 0 Å². The summed E-state index contributed by atoms with van der Waals surface area (Å²) < 4.78 is 26.7. The number of nitrogens with one attached hydrogen (secondary N) is 3. The molecule has 5 N–H and O–H groups in total. The number of hydrogen-bond acceptors (Lipinski definition) is 4. The van der Waals surface area contributed by atoms with Crippen molar-refractivity contribution in [3.63, 3.8) is 0 Å². The Balaban J connectivity index is 2.75. The molecule has 0 bridgehead atoms. The first-order valence-electron chi connectivity index (χ1n) is 6.33. The SMILES string of the molecule is CCCNS(=O)(=O)c1ccccc1NCCNC(N)=O. The number of carbonyl (C=O) groups excluding carboxylic acids is 1. The van der Waals surface area contributed by atoms with Crippen LogP contribution in [-0.2, 0) is 10.0 Å². The topological polar surface area (TPSA) is 113 Å². The van der Waals surface area contributed by atoms with Gasteiger partial charge in [-0.05, 0) is 18.6 Å². The number of sulfonamides is 1. The molecule has 1 aromatic carbocycles. The molecule has 0 aliphatic rings. The van der Waals surface area contributed by atoms with Crippen LogP contribution in [0.2, 0.25) is 0 Å². The van der Waals surface area contributed by atoms with E-state index in [1.54, 1.807) is 18.2 Å². The molecule has 0 unspecified atom stereocenters. The summed E-state index contributed by atoms with van der Waals surface area (Å²) in [7, 11) is -3.53. The van der Waals surface area contributed by atoms with Crippen molar-refractivity contribution in [2.24, 2.45) is 5.73 Å². The molecule has 1 aromatic rings. The Bertz CT molecular complexity index is 545. The van der Waals surface area contributed by atoms with Crippen LogP contribution in [0.25, 0.3) is 0 Å². The third-order valence-electron chi connectivity index (χ3n) is 2.46. The van der Waals surface area contributed by atoms with Crippen molar-refractivity contribution >= 4 is 21.7 Å². The zero-order valence-electron chi connectivity index (χ0n) is 11.3. The molecule has 7 nitrogen and oxygen atoms in total. The van der Waals surface area contributed by atoms with Crippen LogP contribution in [0.4, 0.5) is 10.5 Å². The summed E-state index contributed by atoms with van der Waals surface area (Å²) in [6, 6.07) is 5.99. The Labute approximate surface area is 119 Å². The Morgan fingerprint density at radius 2 is 1.90 bits per heavy atom. The van der Waals surface area contributed by atoms with Gasteiger partial charge in [-0.25, -0.2) is 17.9 Å². The number of para-hydroxylation sites is 1. The molecule has 20 heavy (non-hydrogen) atoms. The molecule has 0 aromatic heterocycles. The Morgan fingerprint density at radius 3 is 2.55 bits per heavy atom. The van der Waals surface area contributed by atoms with Gasteiger partial charge >= 0.3 is 6.03 Å². The highest BCUT2D eigenvalue weighted by Gasteiger charge is 2.16. The lowest BCUT2D eigenvalue weighted by molar-refractivity contribution is 0.249. The molecule has 0 saturated heterocycles. The summed E-state index contributed by atoms with van der Waals surface area (Å²) >= 11 is 0. The summed E-state index contributed by atoms with van der Waals surface area (Å²) in [4.78, 5) is 10.7. The number of amides is 2. The fourth-order valence-corrected chi connectivity index (χ4v) is 2.86. The predicted molar refractivity (Wildman–Crippen MR) is 78.0 cm³/mol. The second-order valence-corrected chi connectivity index (χ2v) is 5.85. The summed E-state index contributed by atoms with van der Waals surface area (Å²) in [5.74, 6) is 0. The third kappa shape index (κ3) is 5.06. The number of carbonyl (C=O) groups is 1. The number of nitrogens with two attached hydrogens (primary N) is 1. The largest absolute Gasteiger partial charge is 0.382 e. The van der Waals surface area contributed by atoms with E-state index in [4.69, 9.17) is 5.73 Å². The van der Waals surface area contributed by atoms with Gasteiger partial charge in [0.1, 0.15) is 4.90 Å². The molecule has 0 spiro atoms. The number of primary amides is 1. The molecule has 8 heteroatoms. The van der Waals surface area contributed by atoms with Crippen molar-refractivity contribution in [1.29, 1.82) is 0 Å². The van der Waals surface area contributed by atoms with Crippen molar-refractivity contribution in [2.45, 2.75) is 18.2 Å². The number of urea groups is 1. The smallest absolute Gasteiger partial charge is 0.312 e. The van der Waals surface area contributed by atoms with E-state index in [9.17, 15) is 13.2 Å². The van der Waals surface area contributed by atoms with Gasteiger partial charge < -0.3 is 16.4 Å². The van der Waals surface area contributed by atoms with Crippen molar-refractivity contribution in [3.05, 3.63) is 24.3 Å². The molecule has 0 aliphatic carbocycles. The Hall–Kier alpha value is -1.80. The normalized spacial score (nSPS) is 11.1. The molecule has 1 rings (SSSR count). The van der Waals surface area contributed by atoms with Crippen LogP contribution in [0.1, 0.15) is 13.3 Å². The highest BCUT2D eigenvalue weighted by molar-refractivity contribution is 7.89. The minimum Gasteiger partial charge on any atom is -0.382 e. The van der Waals surface area contributed by atoms with E-state index in [1.807, 2.05) is 6.92 Å². The number of hydrogen-bond donors (Lipinski definition) is 4. The zero-order chi connectivity index (χ0) is 15.0. The molecule has 0 fully saturated rings. The summed E-state index contributed by atoms with van der Waals surface area (Å²) in [5.41, 5.74) is 5.43. The van der Waals surface area contributed by atoms with Crippen LogP contribution in [0.5, 0.6) is 0 Å². The van der Waals surface area contributed by atoms with Crippen LogP contribution in [0.3, 0.4) is 0 Å². The second-order valence-electron chi connectivity index (χ2n) is 4.11. The van der Waals surface area contributed by atoms with Crippen molar-refractivity contribution in [3.8, 4) is 0 Å². The average Bonchev–Trinajstić information content (AvgIpc) is 2.41. The molecule has 2 amide bonds. The predicted octanol–water partition coefficient (Wildman–Crippen LogP) is 0.455. The maximum atomic E-state index is 12.1. The van der Waals surface area contributed by atoms with E-state index in [-0.39, 0.29) is 4.90 Å². The van der Waals surface area contributed by atoms with Crippen molar-refractivity contribution in [2.75, 3.05) is 25.0 Å². The third-order valence-corrected chi connectivity index (χ3v) is 3.98. The Kier molecular flexibility index (Phi) is 6.26. The summed E-state index contributed by atoms with van der Waals surface area (Å²) in [6.07, 6.45) is 0.720. The van der Waals surface area contributed by atoms with Crippen molar-refractivity contribution < 1.29 is 13.2 Å². The maximum Gasteiger partial charge on any atom is 0.312 e. The van der Waals surface area contributed by atoms with Crippen LogP contribution in [-0.4, -0.2) is 34.1 Å². The van der Waals surface area contributed by atoms with E-state index < -0.39 is 16.1 Å². The van der Waals surface area contributed by atoms with E-state index in [0.29, 0.717) is 25.3 Å². The fourth-order valence-electron chi connectivity index (χ4n) is 1.54. The molecular formula is C12H20N4O3S. The lowest BCUT2D eigenvalue weighted by atomic mass is 10.3.